The summed E-state index contributed by atoms with van der Waals surface area (Å²) in [4.78, 5) is 12.0. The van der Waals surface area contributed by atoms with E-state index in [-0.39, 0.29) is 5.56 Å². The molecule has 1 aliphatic carbocycles. The number of aromatic nitrogens is 1. The lowest BCUT2D eigenvalue weighted by Gasteiger charge is -2.21. The first kappa shape index (κ1) is 11.7. The van der Waals surface area contributed by atoms with E-state index in [9.17, 15) is 4.79 Å². The van der Waals surface area contributed by atoms with Crippen LogP contribution in [-0.2, 0) is 19.4 Å². The van der Waals surface area contributed by atoms with Crippen LogP contribution in [0.3, 0.4) is 0 Å². The van der Waals surface area contributed by atoms with E-state index in [1.165, 1.54) is 24.1 Å². The molecule has 0 atom stereocenters. The molecular weight excluding hydrogens is 222 g/mol. The summed E-state index contributed by atoms with van der Waals surface area (Å²) < 4.78 is 1.90. The number of hydrogen-bond donors (Lipinski definition) is 0. The minimum atomic E-state index is -0.00392. The van der Waals surface area contributed by atoms with Crippen LogP contribution in [0.5, 0.6) is 0 Å². The minimum Gasteiger partial charge on any atom is -0.311 e. The highest BCUT2D eigenvalue weighted by molar-refractivity contribution is 6.30. The summed E-state index contributed by atoms with van der Waals surface area (Å²) in [6.07, 6.45) is 6.67. The van der Waals surface area contributed by atoms with Crippen molar-refractivity contribution in [2.75, 3.05) is 0 Å². The zero-order valence-corrected chi connectivity index (χ0v) is 10.5. The molecular formula is C13H18ClNO. The molecule has 3 heteroatoms. The summed E-state index contributed by atoms with van der Waals surface area (Å²) in [5.74, 6) is 0. The normalized spacial score (nSPS) is 14.9. The number of fused-ring (bicyclic) bond motifs is 1. The van der Waals surface area contributed by atoms with Crippen LogP contribution in [0.4, 0.5) is 0 Å². The molecule has 2 rings (SSSR count). The third kappa shape index (κ3) is 2.17. The Morgan fingerprint density at radius 2 is 2.12 bits per heavy atom. The summed E-state index contributed by atoms with van der Waals surface area (Å²) in [7, 11) is 0. The van der Waals surface area contributed by atoms with Gasteiger partial charge in [-0.1, -0.05) is 24.9 Å². The van der Waals surface area contributed by atoms with Gasteiger partial charge in [0.25, 0.3) is 5.56 Å². The van der Waals surface area contributed by atoms with Gasteiger partial charge in [-0.3, -0.25) is 4.79 Å². The minimum absolute atomic E-state index is 0.00392. The summed E-state index contributed by atoms with van der Waals surface area (Å²) in [5.41, 5.74) is 2.51. The Morgan fingerprint density at radius 3 is 2.88 bits per heavy atom. The predicted molar refractivity (Wildman–Crippen MR) is 67.3 cm³/mol. The fourth-order valence-electron chi connectivity index (χ4n) is 2.40. The Kier molecular flexibility index (Phi) is 3.70. The van der Waals surface area contributed by atoms with Crippen molar-refractivity contribution in [3.05, 3.63) is 32.7 Å². The first-order chi connectivity index (χ1) is 7.74. The molecule has 0 bridgehead atoms. The fourth-order valence-corrected chi connectivity index (χ4v) is 2.63. The van der Waals surface area contributed by atoms with Crippen LogP contribution >= 0.6 is 11.6 Å². The first-order valence-electron chi connectivity index (χ1n) is 6.15. The number of aryl methyl sites for hydroxylation is 1. The van der Waals surface area contributed by atoms with Crippen LogP contribution in [0.25, 0.3) is 0 Å². The smallest absolute Gasteiger partial charge is 0.269 e. The average molecular weight is 240 g/mol. The van der Waals surface area contributed by atoms with Gasteiger partial charge in [0.1, 0.15) is 5.02 Å². The number of rotatable bonds is 3. The standard InChI is InChI=1S/C13H18ClNO/c1-2-3-8-15-12-7-5-4-6-10(12)9-11(14)13(15)16/h9H,2-8H2,1H3. The van der Waals surface area contributed by atoms with E-state index < -0.39 is 0 Å². The molecule has 1 heterocycles. The fraction of sp³-hybridized carbons (Fsp3) is 0.615. The molecule has 0 aliphatic heterocycles. The maximum atomic E-state index is 12.0. The molecule has 1 aromatic rings. The Bertz CT molecular complexity index is 436. The van der Waals surface area contributed by atoms with E-state index in [1.807, 2.05) is 10.6 Å². The Balaban J connectivity index is 2.46. The van der Waals surface area contributed by atoms with Crippen molar-refractivity contribution >= 4 is 11.6 Å². The van der Waals surface area contributed by atoms with Crippen molar-refractivity contribution in [3.8, 4) is 0 Å². The number of nitrogens with zero attached hydrogens (tertiary/aromatic N) is 1. The number of hydrogen-bond acceptors (Lipinski definition) is 1. The van der Waals surface area contributed by atoms with Gasteiger partial charge in [-0.2, -0.15) is 0 Å². The number of unbranched alkanes of at least 4 members (excludes halogenated alkanes) is 1. The third-order valence-electron chi connectivity index (χ3n) is 3.29. The highest BCUT2D eigenvalue weighted by Gasteiger charge is 2.16. The molecule has 88 valence electrons. The van der Waals surface area contributed by atoms with Gasteiger partial charge >= 0.3 is 0 Å². The van der Waals surface area contributed by atoms with E-state index in [1.54, 1.807) is 0 Å². The maximum absolute atomic E-state index is 12.0. The zero-order chi connectivity index (χ0) is 11.5. The largest absolute Gasteiger partial charge is 0.311 e. The van der Waals surface area contributed by atoms with Gasteiger partial charge in [-0.25, -0.2) is 0 Å². The van der Waals surface area contributed by atoms with E-state index in [0.717, 1.165) is 32.2 Å². The third-order valence-corrected chi connectivity index (χ3v) is 3.56. The van der Waals surface area contributed by atoms with Crippen LogP contribution in [0, 0.1) is 0 Å². The zero-order valence-electron chi connectivity index (χ0n) is 9.76. The second kappa shape index (κ2) is 5.05. The van der Waals surface area contributed by atoms with Gasteiger partial charge < -0.3 is 4.57 Å². The first-order valence-corrected chi connectivity index (χ1v) is 6.53. The van der Waals surface area contributed by atoms with E-state index in [0.29, 0.717) is 5.02 Å². The Morgan fingerprint density at radius 1 is 1.38 bits per heavy atom. The molecule has 0 spiro atoms. The topological polar surface area (TPSA) is 22.0 Å². The quantitative estimate of drug-likeness (QED) is 0.794. The predicted octanol–water partition coefficient (Wildman–Crippen LogP) is 3.18. The highest BCUT2D eigenvalue weighted by Crippen LogP contribution is 2.22. The van der Waals surface area contributed by atoms with E-state index in [4.69, 9.17) is 11.6 Å². The SMILES string of the molecule is CCCCn1c2c(cc(Cl)c1=O)CCCC2. The lowest BCUT2D eigenvalue weighted by Crippen LogP contribution is -2.27. The van der Waals surface area contributed by atoms with Crippen LogP contribution in [-0.4, -0.2) is 4.57 Å². The number of halogens is 1. The lowest BCUT2D eigenvalue weighted by atomic mass is 9.95. The molecule has 2 nitrogen and oxygen atoms in total. The molecule has 16 heavy (non-hydrogen) atoms. The van der Waals surface area contributed by atoms with Crippen molar-refractivity contribution < 1.29 is 0 Å². The van der Waals surface area contributed by atoms with Crippen molar-refractivity contribution in [2.24, 2.45) is 0 Å². The molecule has 0 aromatic carbocycles. The van der Waals surface area contributed by atoms with Gasteiger partial charge in [0.05, 0.1) is 0 Å². The molecule has 0 saturated heterocycles. The molecule has 0 radical (unpaired) electrons. The molecule has 0 fully saturated rings. The monoisotopic (exact) mass is 239 g/mol. The van der Waals surface area contributed by atoms with E-state index >= 15 is 0 Å². The number of pyridine rings is 1. The van der Waals surface area contributed by atoms with Crippen LogP contribution in [0.2, 0.25) is 5.02 Å². The van der Waals surface area contributed by atoms with Crippen molar-refractivity contribution in [2.45, 2.75) is 52.0 Å². The molecule has 1 aliphatic rings. The molecule has 1 aromatic heterocycles. The summed E-state index contributed by atoms with van der Waals surface area (Å²) >= 11 is 6.00. The Labute approximate surface area is 101 Å². The van der Waals surface area contributed by atoms with Crippen molar-refractivity contribution in [3.63, 3.8) is 0 Å². The van der Waals surface area contributed by atoms with Crippen LogP contribution < -0.4 is 5.56 Å². The van der Waals surface area contributed by atoms with Crippen molar-refractivity contribution in [1.29, 1.82) is 0 Å². The van der Waals surface area contributed by atoms with Gasteiger partial charge in [-0.15, -0.1) is 0 Å². The van der Waals surface area contributed by atoms with E-state index in [2.05, 4.69) is 6.92 Å². The molecule has 0 N–H and O–H groups in total. The summed E-state index contributed by atoms with van der Waals surface area (Å²) in [6.45, 7) is 2.96. The van der Waals surface area contributed by atoms with Crippen molar-refractivity contribution in [1.82, 2.24) is 4.57 Å². The summed E-state index contributed by atoms with van der Waals surface area (Å²) in [5, 5.41) is 0.386. The maximum Gasteiger partial charge on any atom is 0.269 e. The highest BCUT2D eigenvalue weighted by atomic mass is 35.5. The Hall–Kier alpha value is -0.760. The average Bonchev–Trinajstić information content (AvgIpc) is 2.30. The van der Waals surface area contributed by atoms with Gasteiger partial charge in [0.2, 0.25) is 0 Å². The van der Waals surface area contributed by atoms with Gasteiger partial charge in [-0.05, 0) is 43.7 Å². The molecule has 0 amide bonds. The second-order valence-corrected chi connectivity index (χ2v) is 4.89. The molecule has 0 unspecified atom stereocenters. The lowest BCUT2D eigenvalue weighted by molar-refractivity contribution is 0.549. The van der Waals surface area contributed by atoms with Crippen LogP contribution in [0.15, 0.2) is 10.9 Å². The van der Waals surface area contributed by atoms with Crippen LogP contribution in [0.1, 0.15) is 43.9 Å². The molecule has 0 saturated carbocycles. The van der Waals surface area contributed by atoms with Gasteiger partial charge in [0.15, 0.2) is 0 Å². The summed E-state index contributed by atoms with van der Waals surface area (Å²) in [6, 6.07) is 1.88. The van der Waals surface area contributed by atoms with Gasteiger partial charge in [0, 0.05) is 12.2 Å². The second-order valence-electron chi connectivity index (χ2n) is 4.48.